The molecule has 0 aliphatic carbocycles. The number of piperazine rings is 1. The number of hydrogen-bond acceptors (Lipinski definition) is 6. The standard InChI is InChI=1S/C28H29Cl2N5O2/c1-18-23(27(36)35-11-9-34(10-12-35)25-24(30)14-22(29)16-32-25)13-20(15-31)26(33-18)37-17-19-5-7-21(8-6-19)28(2,3)4/h5-8,13-14,16H,9-12,17H2,1-4H3. The fraction of sp³-hybridized carbons (Fsp3) is 0.357. The molecule has 0 bridgehead atoms. The molecule has 0 atom stereocenters. The number of benzene rings is 1. The van der Waals surface area contributed by atoms with Gasteiger partial charge in [0.1, 0.15) is 24.1 Å². The zero-order valence-corrected chi connectivity index (χ0v) is 22.9. The van der Waals surface area contributed by atoms with Crippen LogP contribution in [-0.2, 0) is 12.0 Å². The summed E-state index contributed by atoms with van der Waals surface area (Å²) < 4.78 is 5.89. The molecule has 1 aliphatic rings. The molecular formula is C28H29Cl2N5O2. The van der Waals surface area contributed by atoms with Crippen LogP contribution in [0.1, 0.15) is 53.5 Å². The van der Waals surface area contributed by atoms with Gasteiger partial charge in [0.2, 0.25) is 5.88 Å². The van der Waals surface area contributed by atoms with Gasteiger partial charge in [-0.05, 0) is 35.6 Å². The number of anilines is 1. The lowest BCUT2D eigenvalue weighted by molar-refractivity contribution is 0.0745. The van der Waals surface area contributed by atoms with E-state index in [0.29, 0.717) is 53.3 Å². The Hall–Kier alpha value is -3.34. The fourth-order valence-electron chi connectivity index (χ4n) is 4.17. The van der Waals surface area contributed by atoms with E-state index in [1.807, 2.05) is 17.0 Å². The van der Waals surface area contributed by atoms with Gasteiger partial charge < -0.3 is 14.5 Å². The number of amides is 1. The van der Waals surface area contributed by atoms with Crippen molar-refractivity contribution in [2.45, 2.75) is 39.7 Å². The molecule has 1 aromatic carbocycles. The number of carbonyl (C=O) groups excluding carboxylic acids is 1. The average Bonchev–Trinajstić information content (AvgIpc) is 2.87. The number of aromatic nitrogens is 2. The first kappa shape index (κ1) is 26.7. The van der Waals surface area contributed by atoms with Crippen LogP contribution in [0.15, 0.2) is 42.6 Å². The van der Waals surface area contributed by atoms with E-state index in [1.54, 1.807) is 30.2 Å². The molecule has 37 heavy (non-hydrogen) atoms. The quantitative estimate of drug-likeness (QED) is 0.408. The van der Waals surface area contributed by atoms with E-state index in [4.69, 9.17) is 27.9 Å². The molecule has 9 heteroatoms. The first-order valence-electron chi connectivity index (χ1n) is 12.1. The first-order valence-corrected chi connectivity index (χ1v) is 12.8. The summed E-state index contributed by atoms with van der Waals surface area (Å²) in [6.45, 7) is 10.7. The Balaban J connectivity index is 1.43. The van der Waals surface area contributed by atoms with Crippen molar-refractivity contribution in [1.29, 1.82) is 5.26 Å². The highest BCUT2D eigenvalue weighted by molar-refractivity contribution is 6.36. The van der Waals surface area contributed by atoms with Gasteiger partial charge in [0.15, 0.2) is 0 Å². The van der Waals surface area contributed by atoms with Crippen LogP contribution in [0, 0.1) is 18.3 Å². The second-order valence-corrected chi connectivity index (χ2v) is 10.9. The Morgan fingerprint density at radius 2 is 1.78 bits per heavy atom. The molecule has 1 amide bonds. The van der Waals surface area contributed by atoms with Gasteiger partial charge in [0, 0.05) is 32.4 Å². The first-order chi connectivity index (χ1) is 17.6. The van der Waals surface area contributed by atoms with Crippen molar-refractivity contribution in [1.82, 2.24) is 14.9 Å². The van der Waals surface area contributed by atoms with Gasteiger partial charge in [0.05, 0.1) is 21.3 Å². The minimum absolute atomic E-state index is 0.0703. The summed E-state index contributed by atoms with van der Waals surface area (Å²) in [6.07, 6.45) is 1.56. The Bertz CT molecular complexity index is 1340. The summed E-state index contributed by atoms with van der Waals surface area (Å²) in [6, 6.07) is 13.6. The van der Waals surface area contributed by atoms with Crippen LogP contribution in [-0.4, -0.2) is 47.0 Å². The van der Waals surface area contributed by atoms with Crippen LogP contribution in [0.2, 0.25) is 10.0 Å². The number of nitrogens with zero attached hydrogens (tertiary/aromatic N) is 5. The molecule has 1 aliphatic heterocycles. The Morgan fingerprint density at radius 3 is 2.38 bits per heavy atom. The van der Waals surface area contributed by atoms with Crippen LogP contribution in [0.3, 0.4) is 0 Å². The van der Waals surface area contributed by atoms with Crippen LogP contribution < -0.4 is 9.64 Å². The van der Waals surface area contributed by atoms with Crippen molar-refractivity contribution in [3.8, 4) is 11.9 Å². The third-order valence-electron chi connectivity index (χ3n) is 6.38. The maximum Gasteiger partial charge on any atom is 0.255 e. The van der Waals surface area contributed by atoms with Gasteiger partial charge in [-0.25, -0.2) is 9.97 Å². The Labute approximate surface area is 227 Å². The normalized spacial score (nSPS) is 13.9. The number of halogens is 2. The van der Waals surface area contributed by atoms with Crippen LogP contribution in [0.5, 0.6) is 5.88 Å². The third-order valence-corrected chi connectivity index (χ3v) is 6.86. The predicted octanol–water partition coefficient (Wildman–Crippen LogP) is 5.80. The lowest BCUT2D eigenvalue weighted by Gasteiger charge is -2.36. The summed E-state index contributed by atoms with van der Waals surface area (Å²) in [5.41, 5.74) is 3.43. The number of nitriles is 1. The van der Waals surface area contributed by atoms with Gasteiger partial charge in [0.25, 0.3) is 5.91 Å². The molecule has 0 unspecified atom stereocenters. The molecule has 1 fully saturated rings. The second-order valence-electron chi connectivity index (χ2n) is 10.1. The maximum atomic E-state index is 13.3. The summed E-state index contributed by atoms with van der Waals surface area (Å²) in [5, 5.41) is 10.7. The molecule has 0 saturated carbocycles. The number of rotatable bonds is 5. The Kier molecular flexibility index (Phi) is 7.91. The molecule has 0 spiro atoms. The molecule has 7 nitrogen and oxygen atoms in total. The van der Waals surface area contributed by atoms with Gasteiger partial charge in [-0.15, -0.1) is 0 Å². The molecule has 3 aromatic rings. The molecule has 1 saturated heterocycles. The van der Waals surface area contributed by atoms with Crippen molar-refractivity contribution in [2.24, 2.45) is 0 Å². The van der Waals surface area contributed by atoms with E-state index >= 15 is 0 Å². The Morgan fingerprint density at radius 1 is 1.11 bits per heavy atom. The highest BCUT2D eigenvalue weighted by atomic mass is 35.5. The maximum absolute atomic E-state index is 13.3. The van der Waals surface area contributed by atoms with Gasteiger partial charge >= 0.3 is 0 Å². The molecule has 2 aromatic heterocycles. The number of carbonyl (C=O) groups is 1. The number of hydrogen-bond donors (Lipinski definition) is 0. The van der Waals surface area contributed by atoms with E-state index in [2.05, 4.69) is 48.9 Å². The highest BCUT2D eigenvalue weighted by Crippen LogP contribution is 2.28. The number of aryl methyl sites for hydroxylation is 1. The van der Waals surface area contributed by atoms with Crippen LogP contribution in [0.25, 0.3) is 0 Å². The zero-order chi connectivity index (χ0) is 26.7. The number of ether oxygens (including phenoxy) is 1. The average molecular weight is 538 g/mol. The molecule has 0 N–H and O–H groups in total. The highest BCUT2D eigenvalue weighted by Gasteiger charge is 2.26. The number of pyridine rings is 2. The van der Waals surface area contributed by atoms with Crippen molar-refractivity contribution in [3.05, 3.63) is 80.6 Å². The lowest BCUT2D eigenvalue weighted by atomic mass is 9.87. The van der Waals surface area contributed by atoms with Crippen molar-refractivity contribution in [2.75, 3.05) is 31.1 Å². The SMILES string of the molecule is Cc1nc(OCc2ccc(C(C)(C)C)cc2)c(C#N)cc1C(=O)N1CCN(c2ncc(Cl)cc2Cl)CC1. The van der Waals surface area contributed by atoms with Crippen LogP contribution >= 0.6 is 23.2 Å². The summed E-state index contributed by atoms with van der Waals surface area (Å²) in [4.78, 5) is 25.9. The van der Waals surface area contributed by atoms with Gasteiger partial charge in [-0.2, -0.15) is 5.26 Å². The minimum atomic E-state index is -0.166. The monoisotopic (exact) mass is 537 g/mol. The smallest absolute Gasteiger partial charge is 0.255 e. The van der Waals surface area contributed by atoms with E-state index < -0.39 is 0 Å². The van der Waals surface area contributed by atoms with E-state index in [-0.39, 0.29) is 29.4 Å². The molecule has 0 radical (unpaired) electrons. The second kappa shape index (κ2) is 11.0. The summed E-state index contributed by atoms with van der Waals surface area (Å²) in [7, 11) is 0. The van der Waals surface area contributed by atoms with Gasteiger partial charge in [-0.3, -0.25) is 4.79 Å². The summed E-state index contributed by atoms with van der Waals surface area (Å²) >= 11 is 12.3. The molecule has 3 heterocycles. The largest absolute Gasteiger partial charge is 0.472 e. The van der Waals surface area contributed by atoms with Crippen molar-refractivity contribution >= 4 is 34.9 Å². The predicted molar refractivity (Wildman–Crippen MR) is 146 cm³/mol. The molecular weight excluding hydrogens is 509 g/mol. The topological polar surface area (TPSA) is 82.3 Å². The van der Waals surface area contributed by atoms with Crippen LogP contribution in [0.4, 0.5) is 5.82 Å². The van der Waals surface area contributed by atoms with Crippen molar-refractivity contribution < 1.29 is 9.53 Å². The zero-order valence-electron chi connectivity index (χ0n) is 21.4. The summed E-state index contributed by atoms with van der Waals surface area (Å²) in [5.74, 6) is 0.711. The van der Waals surface area contributed by atoms with E-state index in [0.717, 1.165) is 5.56 Å². The lowest BCUT2D eigenvalue weighted by Crippen LogP contribution is -2.49. The molecule has 4 rings (SSSR count). The third kappa shape index (κ3) is 6.15. The van der Waals surface area contributed by atoms with Crippen molar-refractivity contribution in [3.63, 3.8) is 0 Å². The van der Waals surface area contributed by atoms with E-state index in [1.165, 1.54) is 5.56 Å². The fourth-order valence-corrected chi connectivity index (χ4v) is 4.67. The van der Waals surface area contributed by atoms with E-state index in [9.17, 15) is 10.1 Å². The van der Waals surface area contributed by atoms with Gasteiger partial charge in [-0.1, -0.05) is 68.2 Å². The minimum Gasteiger partial charge on any atom is -0.472 e. The molecule has 192 valence electrons.